The second-order valence-corrected chi connectivity index (χ2v) is 4.06. The van der Waals surface area contributed by atoms with Gasteiger partial charge < -0.3 is 14.2 Å². The molecular formula is C14H18O4. The van der Waals surface area contributed by atoms with E-state index >= 15 is 0 Å². The quantitative estimate of drug-likeness (QED) is 0.752. The summed E-state index contributed by atoms with van der Waals surface area (Å²) in [6, 6.07) is 7.27. The maximum atomic E-state index is 12.4. The van der Waals surface area contributed by atoms with E-state index in [1.807, 2.05) is 26.0 Å². The zero-order chi connectivity index (χ0) is 13.0. The first kappa shape index (κ1) is 13.1. The highest BCUT2D eigenvalue weighted by Gasteiger charge is 2.35. The van der Waals surface area contributed by atoms with Gasteiger partial charge in [-0.25, -0.2) is 0 Å². The zero-order valence-corrected chi connectivity index (χ0v) is 10.7. The Morgan fingerprint density at radius 3 is 2.61 bits per heavy atom. The molecule has 0 fully saturated rings. The van der Waals surface area contributed by atoms with E-state index in [1.165, 1.54) is 0 Å². The van der Waals surface area contributed by atoms with Crippen molar-refractivity contribution in [3.63, 3.8) is 0 Å². The van der Waals surface area contributed by atoms with Crippen LogP contribution >= 0.6 is 0 Å². The first-order chi connectivity index (χ1) is 8.77. The largest absolute Gasteiger partial charge is 0.492 e. The smallest absolute Gasteiger partial charge is 0.178 e. The fourth-order valence-corrected chi connectivity index (χ4v) is 2.06. The SMILES string of the molecule is CCOC(OCC)C1COc2ccccc2C1=O. The highest BCUT2D eigenvalue weighted by Crippen LogP contribution is 2.29. The molecule has 1 heterocycles. The standard InChI is InChI=1S/C14H18O4/c1-3-16-14(17-4-2)11-9-18-12-8-6-5-7-10(12)13(11)15/h5-8,11,14H,3-4,9H2,1-2H3. The van der Waals surface area contributed by atoms with Crippen molar-refractivity contribution >= 4 is 5.78 Å². The Balaban J connectivity index is 2.19. The first-order valence-electron chi connectivity index (χ1n) is 6.27. The van der Waals surface area contributed by atoms with E-state index in [9.17, 15) is 4.79 Å². The van der Waals surface area contributed by atoms with Crippen LogP contribution in [0.4, 0.5) is 0 Å². The molecule has 0 saturated heterocycles. The van der Waals surface area contributed by atoms with Crippen LogP contribution in [0.3, 0.4) is 0 Å². The molecule has 0 bridgehead atoms. The van der Waals surface area contributed by atoms with Crippen LogP contribution < -0.4 is 4.74 Å². The first-order valence-corrected chi connectivity index (χ1v) is 6.27. The molecule has 1 atom stereocenters. The third kappa shape index (κ3) is 2.54. The van der Waals surface area contributed by atoms with Gasteiger partial charge in [-0.05, 0) is 26.0 Å². The van der Waals surface area contributed by atoms with Crippen LogP contribution in [0, 0.1) is 5.92 Å². The average Bonchev–Trinajstić information content (AvgIpc) is 2.39. The van der Waals surface area contributed by atoms with E-state index in [4.69, 9.17) is 14.2 Å². The third-order valence-corrected chi connectivity index (χ3v) is 2.90. The minimum absolute atomic E-state index is 0.0313. The summed E-state index contributed by atoms with van der Waals surface area (Å²) in [5.74, 6) is 0.286. The molecule has 4 heteroatoms. The number of Topliss-reactive ketones (excluding diaryl/α,β-unsaturated/α-hetero) is 1. The van der Waals surface area contributed by atoms with Crippen molar-refractivity contribution in [2.75, 3.05) is 19.8 Å². The molecule has 1 aromatic carbocycles. The van der Waals surface area contributed by atoms with E-state index in [0.29, 0.717) is 31.1 Å². The van der Waals surface area contributed by atoms with Gasteiger partial charge in [0.05, 0.1) is 5.56 Å². The Hall–Kier alpha value is -1.39. The second kappa shape index (κ2) is 5.98. The van der Waals surface area contributed by atoms with Crippen LogP contribution in [0.15, 0.2) is 24.3 Å². The summed E-state index contributed by atoms with van der Waals surface area (Å²) >= 11 is 0. The number of hydrogen-bond acceptors (Lipinski definition) is 4. The van der Waals surface area contributed by atoms with Gasteiger partial charge in [0.25, 0.3) is 0 Å². The van der Waals surface area contributed by atoms with Crippen molar-refractivity contribution in [3.8, 4) is 5.75 Å². The Morgan fingerprint density at radius 2 is 1.94 bits per heavy atom. The predicted molar refractivity (Wildman–Crippen MR) is 66.8 cm³/mol. The van der Waals surface area contributed by atoms with Crippen LogP contribution in [-0.4, -0.2) is 31.9 Å². The molecule has 2 rings (SSSR count). The number of ether oxygens (including phenoxy) is 3. The second-order valence-electron chi connectivity index (χ2n) is 4.06. The molecule has 18 heavy (non-hydrogen) atoms. The molecule has 0 aromatic heterocycles. The molecule has 4 nitrogen and oxygen atoms in total. The maximum Gasteiger partial charge on any atom is 0.178 e. The minimum atomic E-state index is -0.527. The highest BCUT2D eigenvalue weighted by atomic mass is 16.7. The van der Waals surface area contributed by atoms with Crippen LogP contribution in [0.2, 0.25) is 0 Å². The number of fused-ring (bicyclic) bond motifs is 1. The van der Waals surface area contributed by atoms with E-state index in [2.05, 4.69) is 0 Å². The summed E-state index contributed by atoms with van der Waals surface area (Å²) in [6.45, 7) is 5.09. The molecule has 0 amide bonds. The predicted octanol–water partition coefficient (Wildman–Crippen LogP) is 2.28. The van der Waals surface area contributed by atoms with Crippen LogP contribution in [0.1, 0.15) is 24.2 Å². The average molecular weight is 250 g/mol. The Bertz CT molecular complexity index is 410. The maximum absolute atomic E-state index is 12.4. The summed E-state index contributed by atoms with van der Waals surface area (Å²) in [6.07, 6.45) is -0.527. The van der Waals surface area contributed by atoms with Gasteiger partial charge in [0.15, 0.2) is 12.1 Å². The minimum Gasteiger partial charge on any atom is -0.492 e. The van der Waals surface area contributed by atoms with Gasteiger partial charge in [0, 0.05) is 13.2 Å². The van der Waals surface area contributed by atoms with E-state index in [-0.39, 0.29) is 11.7 Å². The van der Waals surface area contributed by atoms with Crippen molar-refractivity contribution in [1.29, 1.82) is 0 Å². The lowest BCUT2D eigenvalue weighted by molar-refractivity contribution is -0.163. The number of carbonyl (C=O) groups is 1. The zero-order valence-electron chi connectivity index (χ0n) is 10.7. The summed E-state index contributed by atoms with van der Waals surface area (Å²) in [4.78, 5) is 12.4. The molecule has 98 valence electrons. The summed E-state index contributed by atoms with van der Waals surface area (Å²) in [5.41, 5.74) is 0.609. The lowest BCUT2D eigenvalue weighted by Crippen LogP contribution is -2.40. The number of ketones is 1. The van der Waals surface area contributed by atoms with Crippen LogP contribution in [0.25, 0.3) is 0 Å². The Kier molecular flexibility index (Phi) is 4.33. The fraction of sp³-hybridized carbons (Fsp3) is 0.500. The van der Waals surface area contributed by atoms with Crippen molar-refractivity contribution in [1.82, 2.24) is 0 Å². The van der Waals surface area contributed by atoms with Crippen molar-refractivity contribution in [2.45, 2.75) is 20.1 Å². The molecule has 0 aliphatic carbocycles. The highest BCUT2D eigenvalue weighted by molar-refractivity contribution is 6.01. The monoisotopic (exact) mass is 250 g/mol. The molecular weight excluding hydrogens is 232 g/mol. The molecule has 1 aromatic rings. The van der Waals surface area contributed by atoms with Crippen LogP contribution in [-0.2, 0) is 9.47 Å². The molecule has 0 spiro atoms. The third-order valence-electron chi connectivity index (χ3n) is 2.90. The van der Waals surface area contributed by atoms with Gasteiger partial charge in [-0.15, -0.1) is 0 Å². The lowest BCUT2D eigenvalue weighted by Gasteiger charge is -2.29. The topological polar surface area (TPSA) is 44.8 Å². The van der Waals surface area contributed by atoms with E-state index in [0.717, 1.165) is 0 Å². The lowest BCUT2D eigenvalue weighted by atomic mass is 9.94. The normalized spacial score (nSPS) is 18.6. The molecule has 0 radical (unpaired) electrons. The number of rotatable bonds is 5. The van der Waals surface area contributed by atoms with Gasteiger partial charge in [-0.3, -0.25) is 4.79 Å². The van der Waals surface area contributed by atoms with Gasteiger partial charge >= 0.3 is 0 Å². The summed E-state index contributed by atoms with van der Waals surface area (Å²) in [5, 5.41) is 0. The van der Waals surface area contributed by atoms with Gasteiger partial charge in [0.1, 0.15) is 18.3 Å². The molecule has 0 saturated carbocycles. The number of benzene rings is 1. The van der Waals surface area contributed by atoms with Gasteiger partial charge in [0.2, 0.25) is 0 Å². The molecule has 1 aliphatic heterocycles. The Labute approximate surface area is 107 Å². The Morgan fingerprint density at radius 1 is 1.28 bits per heavy atom. The van der Waals surface area contributed by atoms with Crippen molar-refractivity contribution < 1.29 is 19.0 Å². The van der Waals surface area contributed by atoms with E-state index in [1.54, 1.807) is 12.1 Å². The van der Waals surface area contributed by atoms with Crippen molar-refractivity contribution in [2.24, 2.45) is 5.92 Å². The summed E-state index contributed by atoms with van der Waals surface area (Å²) in [7, 11) is 0. The van der Waals surface area contributed by atoms with Gasteiger partial charge in [-0.1, -0.05) is 12.1 Å². The van der Waals surface area contributed by atoms with E-state index < -0.39 is 6.29 Å². The number of carbonyl (C=O) groups excluding carboxylic acids is 1. The molecule has 0 N–H and O–H groups in total. The number of para-hydroxylation sites is 1. The molecule has 1 aliphatic rings. The molecule has 1 unspecified atom stereocenters. The number of hydrogen-bond donors (Lipinski definition) is 0. The summed E-state index contributed by atoms with van der Waals surface area (Å²) < 4.78 is 16.6. The van der Waals surface area contributed by atoms with Gasteiger partial charge in [-0.2, -0.15) is 0 Å². The van der Waals surface area contributed by atoms with Crippen LogP contribution in [0.5, 0.6) is 5.75 Å². The fourth-order valence-electron chi connectivity index (χ4n) is 2.06. The van der Waals surface area contributed by atoms with Crippen molar-refractivity contribution in [3.05, 3.63) is 29.8 Å².